The number of alkyl halides is 3. The molecule has 0 fully saturated rings. The number of hydrogen-bond donors (Lipinski definition) is 2. The molecule has 258 valence electrons. The molecule has 1 aromatic carbocycles. The van der Waals surface area contributed by atoms with Crippen LogP contribution in [0.25, 0.3) is 0 Å². The van der Waals surface area contributed by atoms with Crippen LogP contribution >= 0.6 is 0 Å². The molecule has 4 rings (SSSR count). The van der Waals surface area contributed by atoms with Gasteiger partial charge in [0.15, 0.2) is 0 Å². The van der Waals surface area contributed by atoms with Gasteiger partial charge in [-0.25, -0.2) is 9.48 Å². The van der Waals surface area contributed by atoms with E-state index in [-0.39, 0.29) is 23.2 Å². The van der Waals surface area contributed by atoms with Crippen LogP contribution in [0.15, 0.2) is 36.4 Å². The summed E-state index contributed by atoms with van der Waals surface area (Å²) in [7, 11) is 0. The molecule has 0 aliphatic heterocycles. The molecule has 2 heterocycles. The number of carboxylic acid groups (broad SMARTS) is 2. The molecule has 8 nitrogen and oxygen atoms in total. The molecular weight excluding hydrogens is 611 g/mol. The molecule has 0 radical (unpaired) electrons. The van der Waals surface area contributed by atoms with Gasteiger partial charge in [0.25, 0.3) is 0 Å². The zero-order chi connectivity index (χ0) is 35.2. The molecule has 0 amide bonds. The minimum atomic E-state index is -5.08. The van der Waals surface area contributed by atoms with Gasteiger partial charge in [0, 0.05) is 30.4 Å². The number of hydrogen-bond acceptors (Lipinski definition) is 5. The van der Waals surface area contributed by atoms with E-state index in [4.69, 9.17) is 24.7 Å². The fourth-order valence-corrected chi connectivity index (χ4v) is 5.44. The minimum absolute atomic E-state index is 0.0402. The van der Waals surface area contributed by atoms with Crippen molar-refractivity contribution in [1.29, 1.82) is 0 Å². The average Bonchev–Trinajstić information content (AvgIpc) is 3.36. The van der Waals surface area contributed by atoms with Crippen LogP contribution in [0.3, 0.4) is 0 Å². The highest BCUT2D eigenvalue weighted by Crippen LogP contribution is 2.35. The van der Waals surface area contributed by atoms with Gasteiger partial charge in [-0.2, -0.15) is 18.3 Å². The van der Waals surface area contributed by atoms with E-state index in [1.807, 2.05) is 17.7 Å². The normalized spacial score (nSPS) is 14.1. The maximum Gasteiger partial charge on any atom is 0.490 e. The summed E-state index contributed by atoms with van der Waals surface area (Å²) in [4.78, 5) is 25.8. The highest BCUT2D eigenvalue weighted by Gasteiger charge is 2.38. The number of halogens is 3. The molecule has 1 atom stereocenters. The number of carboxylic acids is 2. The van der Waals surface area contributed by atoms with E-state index in [2.05, 4.69) is 71.9 Å². The third-order valence-electron chi connectivity index (χ3n) is 8.22. The number of benzene rings is 1. The summed E-state index contributed by atoms with van der Waals surface area (Å²) < 4.78 is 39.8. The Morgan fingerprint density at radius 2 is 1.51 bits per heavy atom. The van der Waals surface area contributed by atoms with Crippen molar-refractivity contribution in [3.8, 4) is 5.88 Å². The van der Waals surface area contributed by atoms with Crippen molar-refractivity contribution < 1.29 is 37.7 Å². The van der Waals surface area contributed by atoms with Gasteiger partial charge >= 0.3 is 18.1 Å². The van der Waals surface area contributed by atoms with Gasteiger partial charge < -0.3 is 14.9 Å². The van der Waals surface area contributed by atoms with Crippen LogP contribution in [0.2, 0.25) is 0 Å². The molecule has 0 bridgehead atoms. The Bertz CT molecular complexity index is 1500. The van der Waals surface area contributed by atoms with Crippen LogP contribution in [-0.2, 0) is 52.6 Å². The van der Waals surface area contributed by atoms with E-state index in [9.17, 15) is 23.1 Å². The second-order valence-electron chi connectivity index (χ2n) is 14.1. The summed E-state index contributed by atoms with van der Waals surface area (Å²) in [6, 6.07) is 13.0. The van der Waals surface area contributed by atoms with E-state index in [0.717, 1.165) is 42.1 Å². The van der Waals surface area contributed by atoms with Gasteiger partial charge in [0.1, 0.15) is 0 Å². The lowest BCUT2D eigenvalue weighted by Gasteiger charge is -2.28. The van der Waals surface area contributed by atoms with Gasteiger partial charge in [-0.15, -0.1) is 0 Å². The number of pyridine rings is 1. The zero-order valence-corrected chi connectivity index (χ0v) is 28.5. The number of ether oxygens (including phenoxy) is 1. The molecule has 1 unspecified atom stereocenters. The first kappa shape index (κ1) is 37.6. The lowest BCUT2D eigenvalue weighted by molar-refractivity contribution is -0.192. The topological polar surface area (TPSA) is 115 Å². The fourth-order valence-electron chi connectivity index (χ4n) is 5.44. The molecule has 0 spiro atoms. The Labute approximate surface area is 275 Å². The van der Waals surface area contributed by atoms with E-state index >= 15 is 0 Å². The maximum absolute atomic E-state index is 12.0. The molecule has 0 saturated heterocycles. The molecule has 3 aromatic rings. The number of nitrogens with zero attached hydrogens (tertiary/aromatic N) is 3. The first-order valence-corrected chi connectivity index (χ1v) is 16.1. The Hall–Kier alpha value is -3.89. The van der Waals surface area contributed by atoms with E-state index in [0.29, 0.717) is 19.6 Å². The van der Waals surface area contributed by atoms with Gasteiger partial charge in [0.2, 0.25) is 5.88 Å². The molecule has 1 aliphatic rings. The highest BCUT2D eigenvalue weighted by atomic mass is 19.4. The van der Waals surface area contributed by atoms with E-state index in [1.165, 1.54) is 35.2 Å². The number of aryl methyl sites for hydroxylation is 3. The summed E-state index contributed by atoms with van der Waals surface area (Å²) in [5, 5.41) is 21.8. The SMILES string of the molecule is CCn1nc(CC(CC(=O)O)c2cc(C(C)(C)C)cc(C(C)(C)C)c2)cc1OCCc1ccc2c(n1)CCCC2.O=C(O)C(F)(F)F. The predicted molar refractivity (Wildman–Crippen MR) is 174 cm³/mol. The summed E-state index contributed by atoms with van der Waals surface area (Å²) in [6.45, 7) is 16.5. The second kappa shape index (κ2) is 15.3. The van der Waals surface area contributed by atoms with Crippen molar-refractivity contribution in [2.45, 2.75) is 123 Å². The lowest BCUT2D eigenvalue weighted by Crippen LogP contribution is -2.21. The number of aliphatic carboxylic acids is 2. The predicted octanol–water partition coefficient (Wildman–Crippen LogP) is 7.83. The lowest BCUT2D eigenvalue weighted by atomic mass is 9.77. The monoisotopic (exact) mass is 659 g/mol. The Morgan fingerprint density at radius 1 is 0.915 bits per heavy atom. The van der Waals surface area contributed by atoms with E-state index in [1.54, 1.807) is 0 Å². The Balaban J connectivity index is 0.000000771. The van der Waals surface area contributed by atoms with Gasteiger partial charge in [-0.1, -0.05) is 65.8 Å². The number of aromatic nitrogens is 3. The van der Waals surface area contributed by atoms with Crippen molar-refractivity contribution in [2.24, 2.45) is 0 Å². The molecule has 1 aliphatic carbocycles. The zero-order valence-electron chi connectivity index (χ0n) is 28.5. The minimum Gasteiger partial charge on any atom is -0.481 e. The van der Waals surface area contributed by atoms with Crippen molar-refractivity contribution in [3.63, 3.8) is 0 Å². The van der Waals surface area contributed by atoms with Crippen LogP contribution in [0.1, 0.15) is 113 Å². The number of fused-ring (bicyclic) bond motifs is 1. The third kappa shape index (κ3) is 11.1. The largest absolute Gasteiger partial charge is 0.490 e. The first-order valence-electron chi connectivity index (χ1n) is 16.1. The van der Waals surface area contributed by atoms with Crippen LogP contribution < -0.4 is 4.74 Å². The van der Waals surface area contributed by atoms with Crippen molar-refractivity contribution >= 4 is 11.9 Å². The maximum atomic E-state index is 12.0. The smallest absolute Gasteiger partial charge is 0.481 e. The van der Waals surface area contributed by atoms with Crippen molar-refractivity contribution in [3.05, 3.63) is 75.7 Å². The molecular formula is C36H48F3N3O5. The fraction of sp³-hybridized carbons (Fsp3) is 0.556. The second-order valence-corrected chi connectivity index (χ2v) is 14.1. The van der Waals surface area contributed by atoms with Crippen LogP contribution in [0.5, 0.6) is 5.88 Å². The van der Waals surface area contributed by atoms with Crippen molar-refractivity contribution in [2.75, 3.05) is 6.61 Å². The van der Waals surface area contributed by atoms with Crippen molar-refractivity contribution in [1.82, 2.24) is 14.8 Å². The van der Waals surface area contributed by atoms with Crippen LogP contribution in [-0.4, -0.2) is 49.7 Å². The quantitative estimate of drug-likeness (QED) is 0.228. The third-order valence-corrected chi connectivity index (χ3v) is 8.22. The Kier molecular flexibility index (Phi) is 12.3. The van der Waals surface area contributed by atoms with Gasteiger partial charge in [-0.3, -0.25) is 9.78 Å². The highest BCUT2D eigenvalue weighted by molar-refractivity contribution is 5.73. The first-order chi connectivity index (χ1) is 21.8. The van der Waals surface area contributed by atoms with Crippen LogP contribution in [0, 0.1) is 0 Å². The van der Waals surface area contributed by atoms with Gasteiger partial charge in [0.05, 0.1) is 18.7 Å². The summed E-state index contributed by atoms with van der Waals surface area (Å²) in [6.07, 6.45) is 0.943. The molecule has 11 heteroatoms. The molecule has 2 N–H and O–H groups in total. The number of rotatable bonds is 10. The Morgan fingerprint density at radius 3 is 2.04 bits per heavy atom. The number of carbonyl (C=O) groups is 2. The molecule has 47 heavy (non-hydrogen) atoms. The van der Waals surface area contributed by atoms with Crippen LogP contribution in [0.4, 0.5) is 13.2 Å². The molecule has 0 saturated carbocycles. The molecule has 2 aromatic heterocycles. The standard InChI is InChI=1S/C34H47N3O3.C2HF3O2/c1-8-37-31(40-16-15-28-14-13-23-11-9-10-12-30(23)35-28)22-29(36-37)19-25(20-32(38)39)24-17-26(33(2,3)4)21-27(18-24)34(5,6)7;3-2(4,5)1(6)7/h13-14,17-18,21-22,25H,8-12,15-16,19-20H2,1-7H3,(H,38,39);(H,6,7). The summed E-state index contributed by atoms with van der Waals surface area (Å²) >= 11 is 0. The van der Waals surface area contributed by atoms with E-state index < -0.39 is 18.1 Å². The van der Waals surface area contributed by atoms with Gasteiger partial charge in [-0.05, 0) is 84.1 Å². The average molecular weight is 660 g/mol. The summed E-state index contributed by atoms with van der Waals surface area (Å²) in [5.41, 5.74) is 8.00. The summed E-state index contributed by atoms with van der Waals surface area (Å²) in [5.74, 6) is -3.02.